The minimum absolute atomic E-state index is 0.0313. The van der Waals surface area contributed by atoms with E-state index in [4.69, 9.17) is 0 Å². The van der Waals surface area contributed by atoms with Crippen molar-refractivity contribution in [3.63, 3.8) is 0 Å². The molecular formula is C11H13F4N. The molecule has 1 atom stereocenters. The fourth-order valence-electron chi connectivity index (χ4n) is 1.45. The van der Waals surface area contributed by atoms with E-state index in [0.29, 0.717) is 6.54 Å². The minimum Gasteiger partial charge on any atom is -0.320 e. The van der Waals surface area contributed by atoms with Gasteiger partial charge in [-0.05, 0) is 31.6 Å². The maximum absolute atomic E-state index is 13.6. The van der Waals surface area contributed by atoms with Gasteiger partial charge in [0, 0.05) is 0 Å². The zero-order valence-corrected chi connectivity index (χ0v) is 8.81. The highest BCUT2D eigenvalue weighted by Gasteiger charge is 2.34. The van der Waals surface area contributed by atoms with Gasteiger partial charge in [-0.2, -0.15) is 13.2 Å². The highest BCUT2D eigenvalue weighted by molar-refractivity contribution is 5.31. The van der Waals surface area contributed by atoms with Gasteiger partial charge in [-0.25, -0.2) is 4.39 Å². The molecule has 0 aliphatic heterocycles. The molecule has 0 bridgehead atoms. The summed E-state index contributed by atoms with van der Waals surface area (Å²) in [7, 11) is 1.63. The molecule has 0 saturated carbocycles. The number of benzene rings is 1. The van der Waals surface area contributed by atoms with Crippen molar-refractivity contribution in [2.24, 2.45) is 0 Å². The molecule has 1 rings (SSSR count). The van der Waals surface area contributed by atoms with Crippen molar-refractivity contribution in [1.82, 2.24) is 5.32 Å². The van der Waals surface area contributed by atoms with Crippen LogP contribution in [0, 0.1) is 0 Å². The Labute approximate surface area is 91.5 Å². The smallest absolute Gasteiger partial charge is 0.320 e. The quantitative estimate of drug-likeness (QED) is 0.789. The average Bonchev–Trinajstić information content (AvgIpc) is 2.24. The number of hydrogen-bond acceptors (Lipinski definition) is 1. The topological polar surface area (TPSA) is 12.0 Å². The van der Waals surface area contributed by atoms with Gasteiger partial charge in [-0.15, -0.1) is 0 Å². The Hall–Kier alpha value is -1.10. The molecule has 90 valence electrons. The Kier molecular flexibility index (Phi) is 4.29. The van der Waals surface area contributed by atoms with E-state index in [9.17, 15) is 17.6 Å². The summed E-state index contributed by atoms with van der Waals surface area (Å²) < 4.78 is 51.2. The van der Waals surface area contributed by atoms with Crippen LogP contribution in [0.1, 0.15) is 23.7 Å². The molecule has 0 aromatic heterocycles. The molecule has 0 amide bonds. The molecule has 0 aliphatic carbocycles. The molecule has 0 spiro atoms. The highest BCUT2D eigenvalue weighted by atomic mass is 19.4. The van der Waals surface area contributed by atoms with Gasteiger partial charge in [0.1, 0.15) is 6.17 Å². The number of rotatable bonds is 4. The first kappa shape index (κ1) is 13.0. The fraction of sp³-hybridized carbons (Fsp3) is 0.455. The second-order valence-corrected chi connectivity index (χ2v) is 3.44. The van der Waals surface area contributed by atoms with Crippen LogP contribution in [0.15, 0.2) is 24.3 Å². The lowest BCUT2D eigenvalue weighted by atomic mass is 10.0. The predicted octanol–water partition coefficient (Wildman–Crippen LogP) is 3.33. The Balaban J connectivity index is 2.94. The molecular weight excluding hydrogens is 222 g/mol. The molecule has 0 heterocycles. The van der Waals surface area contributed by atoms with E-state index in [0.717, 1.165) is 6.07 Å². The molecule has 1 aromatic carbocycles. The van der Waals surface area contributed by atoms with Crippen LogP contribution in [0.3, 0.4) is 0 Å². The summed E-state index contributed by atoms with van der Waals surface area (Å²) in [5.74, 6) is 0. The Morgan fingerprint density at radius 2 is 1.88 bits per heavy atom. The van der Waals surface area contributed by atoms with Crippen LogP contribution in [0.4, 0.5) is 17.6 Å². The number of halogens is 4. The van der Waals surface area contributed by atoms with Crippen LogP contribution in [0.25, 0.3) is 0 Å². The molecule has 16 heavy (non-hydrogen) atoms. The second-order valence-electron chi connectivity index (χ2n) is 3.44. The van der Waals surface area contributed by atoms with Gasteiger partial charge in [-0.1, -0.05) is 18.2 Å². The fourth-order valence-corrected chi connectivity index (χ4v) is 1.45. The Morgan fingerprint density at radius 1 is 1.25 bits per heavy atom. The van der Waals surface area contributed by atoms with Crippen molar-refractivity contribution in [3.8, 4) is 0 Å². The van der Waals surface area contributed by atoms with Gasteiger partial charge in [0.15, 0.2) is 0 Å². The van der Waals surface area contributed by atoms with E-state index in [1.807, 2.05) is 0 Å². The first-order chi connectivity index (χ1) is 7.46. The molecule has 0 saturated heterocycles. The van der Waals surface area contributed by atoms with Crippen molar-refractivity contribution < 1.29 is 17.6 Å². The van der Waals surface area contributed by atoms with Crippen LogP contribution in [0.5, 0.6) is 0 Å². The third kappa shape index (κ3) is 3.20. The molecule has 0 fully saturated rings. The van der Waals surface area contributed by atoms with Crippen molar-refractivity contribution in [3.05, 3.63) is 35.4 Å². The third-order valence-corrected chi connectivity index (χ3v) is 2.25. The average molecular weight is 235 g/mol. The van der Waals surface area contributed by atoms with Crippen molar-refractivity contribution in [2.75, 3.05) is 13.6 Å². The van der Waals surface area contributed by atoms with E-state index in [2.05, 4.69) is 5.32 Å². The minimum atomic E-state index is -4.50. The number of nitrogens with one attached hydrogen (secondary N) is 1. The molecule has 1 N–H and O–H groups in total. The summed E-state index contributed by atoms with van der Waals surface area (Å²) in [5.41, 5.74) is -1.18. The van der Waals surface area contributed by atoms with E-state index < -0.39 is 17.9 Å². The van der Waals surface area contributed by atoms with Gasteiger partial charge >= 0.3 is 6.18 Å². The lowest BCUT2D eigenvalue weighted by Crippen LogP contribution is -2.14. The molecule has 1 unspecified atom stereocenters. The predicted molar refractivity (Wildman–Crippen MR) is 53.8 cm³/mol. The molecule has 0 aliphatic rings. The molecule has 5 heteroatoms. The van der Waals surface area contributed by atoms with Crippen molar-refractivity contribution in [1.29, 1.82) is 0 Å². The van der Waals surface area contributed by atoms with Crippen molar-refractivity contribution >= 4 is 0 Å². The molecule has 1 aromatic rings. The lowest BCUT2D eigenvalue weighted by Gasteiger charge is -2.15. The van der Waals surface area contributed by atoms with E-state index in [-0.39, 0.29) is 12.0 Å². The maximum atomic E-state index is 13.6. The maximum Gasteiger partial charge on any atom is 0.416 e. The van der Waals surface area contributed by atoms with Gasteiger partial charge < -0.3 is 5.32 Å². The van der Waals surface area contributed by atoms with Crippen molar-refractivity contribution in [2.45, 2.75) is 18.8 Å². The monoisotopic (exact) mass is 235 g/mol. The number of hydrogen-bond donors (Lipinski definition) is 1. The summed E-state index contributed by atoms with van der Waals surface area (Å²) in [6.07, 6.45) is -6.06. The first-order valence-corrected chi connectivity index (χ1v) is 4.91. The van der Waals surface area contributed by atoms with Gasteiger partial charge in [-0.3, -0.25) is 0 Å². The van der Waals surface area contributed by atoms with Gasteiger partial charge in [0.25, 0.3) is 0 Å². The summed E-state index contributed by atoms with van der Waals surface area (Å²) >= 11 is 0. The van der Waals surface area contributed by atoms with Gasteiger partial charge in [0.05, 0.1) is 5.56 Å². The lowest BCUT2D eigenvalue weighted by molar-refractivity contribution is -0.138. The standard InChI is InChI=1S/C11H13F4N/c1-16-7-6-10(12)8-4-2-3-5-9(8)11(13,14)15/h2-5,10,16H,6-7H2,1H3. The van der Waals surface area contributed by atoms with E-state index in [1.165, 1.54) is 18.2 Å². The summed E-state index contributed by atoms with van der Waals surface area (Å²) in [4.78, 5) is 0. The second kappa shape index (κ2) is 5.30. The Bertz CT molecular complexity index is 335. The Morgan fingerprint density at radius 3 is 2.44 bits per heavy atom. The van der Waals surface area contributed by atoms with Crippen LogP contribution < -0.4 is 5.32 Å². The first-order valence-electron chi connectivity index (χ1n) is 4.91. The molecule has 0 radical (unpaired) electrons. The summed E-state index contributed by atoms with van der Waals surface area (Å²) in [5, 5.41) is 2.71. The van der Waals surface area contributed by atoms with Gasteiger partial charge in [0.2, 0.25) is 0 Å². The summed E-state index contributed by atoms with van der Waals surface area (Å²) in [6.45, 7) is 0.341. The normalized spacial score (nSPS) is 13.8. The van der Waals surface area contributed by atoms with Crippen LogP contribution in [-0.4, -0.2) is 13.6 Å². The van der Waals surface area contributed by atoms with E-state index >= 15 is 0 Å². The zero-order chi connectivity index (χ0) is 12.2. The zero-order valence-electron chi connectivity index (χ0n) is 8.81. The van der Waals surface area contributed by atoms with Crippen LogP contribution in [0.2, 0.25) is 0 Å². The largest absolute Gasteiger partial charge is 0.416 e. The van der Waals surface area contributed by atoms with Crippen LogP contribution in [-0.2, 0) is 6.18 Å². The van der Waals surface area contributed by atoms with E-state index in [1.54, 1.807) is 7.05 Å². The summed E-state index contributed by atoms with van der Waals surface area (Å²) in [6, 6.07) is 4.76. The molecule has 1 nitrogen and oxygen atoms in total. The van der Waals surface area contributed by atoms with Crippen LogP contribution >= 0.6 is 0 Å². The SMILES string of the molecule is CNCCC(F)c1ccccc1C(F)(F)F. The third-order valence-electron chi connectivity index (χ3n) is 2.25. The highest BCUT2D eigenvalue weighted by Crippen LogP contribution is 2.36. The number of alkyl halides is 4.